The average Bonchev–Trinajstić information content (AvgIpc) is 3.75. The van der Waals surface area contributed by atoms with Crippen LogP contribution in [-0.4, -0.2) is 123 Å². The molecule has 0 aliphatic carbocycles. The molecule has 2 aromatic carbocycles. The number of hydrogen-bond acceptors (Lipinski definition) is 13. The first-order valence-electron chi connectivity index (χ1n) is 16.1. The molecule has 5 N–H and O–H groups in total. The van der Waals surface area contributed by atoms with Crippen molar-refractivity contribution < 1.29 is 34.5 Å². The van der Waals surface area contributed by atoms with Crippen LogP contribution in [0.4, 0.5) is 11.4 Å². The number of aliphatic hydroxyl groups excluding tert-OH is 3. The van der Waals surface area contributed by atoms with Gasteiger partial charge in [0.25, 0.3) is 23.6 Å². The Balaban J connectivity index is 1.34. The fourth-order valence-electron chi connectivity index (χ4n) is 10.6. The minimum atomic E-state index is -1.88. The van der Waals surface area contributed by atoms with Gasteiger partial charge in [-0.2, -0.15) is 0 Å². The highest BCUT2D eigenvalue weighted by molar-refractivity contribution is 8.78. The minimum Gasteiger partial charge on any atom is -0.389 e. The molecule has 256 valence electrons. The summed E-state index contributed by atoms with van der Waals surface area (Å²) in [4.78, 5) is 58.4. The Morgan fingerprint density at radius 1 is 0.714 bits per heavy atom. The molecular formula is C32H32N6O7S4. The maximum Gasteiger partial charge on any atom is 0.266 e. The topological polar surface area (TPSA) is 166 Å². The maximum atomic E-state index is 15.0. The Morgan fingerprint density at radius 3 is 1.69 bits per heavy atom. The summed E-state index contributed by atoms with van der Waals surface area (Å²) >= 11 is 0. The SMILES string of the molecule is CC[C@]12SS[C@]3(C(=O)N1C)[C@@H](O)C1(C45c6ccccc6N[C@@H]4N4C(=O)[C@@]6(C(C)O)SS[C@]4(C(=O)N6C)[C@H]5O)c4ccccc4N[C@@H]1N3C2=O. The second-order valence-electron chi connectivity index (χ2n) is 14.0. The van der Waals surface area contributed by atoms with Crippen LogP contribution in [0.15, 0.2) is 48.5 Å². The van der Waals surface area contributed by atoms with Gasteiger partial charge in [0.1, 0.15) is 24.5 Å². The Bertz CT molecular complexity index is 1980. The molecule has 12 rings (SSSR count). The molecule has 13 nitrogen and oxygen atoms in total. The van der Waals surface area contributed by atoms with E-state index in [0.717, 1.165) is 32.4 Å². The van der Waals surface area contributed by atoms with Crippen LogP contribution in [0.1, 0.15) is 31.4 Å². The lowest BCUT2D eigenvalue weighted by molar-refractivity contribution is -0.172. The van der Waals surface area contributed by atoms with Crippen molar-refractivity contribution >= 4 is 78.2 Å². The number of benzene rings is 2. The molecule has 4 amide bonds. The molecule has 49 heavy (non-hydrogen) atoms. The van der Waals surface area contributed by atoms with E-state index < -0.39 is 78.7 Å². The van der Waals surface area contributed by atoms with E-state index in [2.05, 4.69) is 10.6 Å². The Morgan fingerprint density at radius 2 is 1.18 bits per heavy atom. The van der Waals surface area contributed by atoms with Crippen LogP contribution in [0, 0.1) is 0 Å². The number of amides is 4. The lowest BCUT2D eigenvalue weighted by atomic mass is 9.52. The number of aliphatic hydroxyl groups is 3. The van der Waals surface area contributed by atoms with Gasteiger partial charge in [0.15, 0.2) is 4.87 Å². The van der Waals surface area contributed by atoms with E-state index in [1.165, 1.54) is 44.4 Å². The summed E-state index contributed by atoms with van der Waals surface area (Å²) in [5.41, 5.74) is -1.13. The molecule has 4 bridgehead atoms. The fourth-order valence-corrected chi connectivity index (χ4v) is 18.5. The van der Waals surface area contributed by atoms with Crippen LogP contribution in [-0.2, 0) is 30.0 Å². The minimum absolute atomic E-state index is 0.323. The zero-order valence-electron chi connectivity index (χ0n) is 26.6. The van der Waals surface area contributed by atoms with E-state index in [4.69, 9.17) is 0 Å². The third-order valence-electron chi connectivity index (χ3n) is 12.7. The average molecular weight is 741 g/mol. The number of rotatable bonds is 3. The standard InChI is InChI=1S/C32H32N6O7S4/c1-5-27-23(42)37-21-28(15-10-6-8-12-17(15)33-21,19(40)31(37,48-46-27)24(43)35(27)3)29-16-11-7-9-13-18(16)34-22(29)38-26(45)30(14(2)39)36(4)25(44)32(38,20(29)41)49-47-30/h6-14,19-22,33-34,39-41H,5H2,1-4H3/t14?,19-,20-,21+,22+,27+,28?,29?,30+,31-,32-/m0/s1. The number of likely N-dealkylation sites (N-methyl/N-ethyl adjacent to an activating group) is 2. The molecule has 0 saturated carbocycles. The molecule has 11 atom stereocenters. The zero-order chi connectivity index (χ0) is 34.4. The summed E-state index contributed by atoms with van der Waals surface area (Å²) in [7, 11) is 7.57. The predicted octanol–water partition coefficient (Wildman–Crippen LogP) is 1.08. The highest BCUT2D eigenvalue weighted by Crippen LogP contribution is 2.78. The highest BCUT2D eigenvalue weighted by Gasteiger charge is 2.93. The lowest BCUT2D eigenvalue weighted by Gasteiger charge is -2.59. The van der Waals surface area contributed by atoms with Crippen molar-refractivity contribution in [1.29, 1.82) is 0 Å². The van der Waals surface area contributed by atoms with Crippen molar-refractivity contribution in [1.82, 2.24) is 19.6 Å². The molecule has 10 heterocycles. The Hall–Kier alpha value is -2.80. The third-order valence-corrected chi connectivity index (χ3v) is 20.2. The number of nitrogens with zero attached hydrogens (tertiary/aromatic N) is 4. The van der Waals surface area contributed by atoms with Crippen LogP contribution >= 0.6 is 43.2 Å². The van der Waals surface area contributed by atoms with Gasteiger partial charge in [0.05, 0.1) is 16.9 Å². The molecule has 10 aliphatic rings. The molecule has 8 saturated heterocycles. The van der Waals surface area contributed by atoms with Gasteiger partial charge >= 0.3 is 0 Å². The van der Waals surface area contributed by atoms with Crippen LogP contribution < -0.4 is 10.6 Å². The number of para-hydroxylation sites is 2. The van der Waals surface area contributed by atoms with Gasteiger partial charge < -0.3 is 35.8 Å². The molecule has 8 fully saturated rings. The monoisotopic (exact) mass is 740 g/mol. The van der Waals surface area contributed by atoms with Crippen LogP contribution in [0.25, 0.3) is 0 Å². The van der Waals surface area contributed by atoms with Gasteiger partial charge in [-0.05, 0) is 69.0 Å². The quantitative estimate of drug-likeness (QED) is 0.284. The number of nitrogens with one attached hydrogen (secondary N) is 2. The first-order valence-corrected chi connectivity index (χ1v) is 20.4. The Labute approximate surface area is 296 Å². The summed E-state index contributed by atoms with van der Waals surface area (Å²) in [5.74, 6) is -1.89. The van der Waals surface area contributed by atoms with Gasteiger partial charge in [-0.25, -0.2) is 0 Å². The molecule has 0 radical (unpaired) electrons. The van der Waals surface area contributed by atoms with E-state index in [9.17, 15) is 34.5 Å². The molecule has 10 aliphatic heterocycles. The molecule has 17 heteroatoms. The molecular weight excluding hydrogens is 709 g/mol. The number of fused-ring (bicyclic) bond motifs is 11. The summed E-state index contributed by atoms with van der Waals surface area (Å²) in [6.07, 6.45) is -6.48. The highest BCUT2D eigenvalue weighted by atomic mass is 33.1. The van der Waals surface area contributed by atoms with E-state index in [0.29, 0.717) is 28.9 Å². The maximum absolute atomic E-state index is 15.0. The molecule has 2 spiro atoms. The normalized spacial score (nSPS) is 45.5. The lowest BCUT2D eigenvalue weighted by Crippen LogP contribution is -2.80. The van der Waals surface area contributed by atoms with Crippen molar-refractivity contribution in [3.8, 4) is 0 Å². The second-order valence-corrected chi connectivity index (χ2v) is 19.3. The van der Waals surface area contributed by atoms with Crippen LogP contribution in [0.5, 0.6) is 0 Å². The van der Waals surface area contributed by atoms with Gasteiger partial charge in [-0.1, -0.05) is 54.1 Å². The first kappa shape index (κ1) is 31.0. The van der Waals surface area contributed by atoms with Crippen LogP contribution in [0.3, 0.4) is 0 Å². The van der Waals surface area contributed by atoms with Gasteiger partial charge in [-0.15, -0.1) is 0 Å². The van der Waals surface area contributed by atoms with Crippen molar-refractivity contribution in [3.05, 3.63) is 59.7 Å². The third kappa shape index (κ3) is 2.63. The van der Waals surface area contributed by atoms with E-state index in [-0.39, 0.29) is 5.91 Å². The van der Waals surface area contributed by atoms with Crippen molar-refractivity contribution in [2.75, 3.05) is 24.7 Å². The second kappa shape index (κ2) is 8.97. The number of carbonyl (C=O) groups excluding carboxylic acids is 4. The first-order chi connectivity index (χ1) is 23.3. The van der Waals surface area contributed by atoms with E-state index in [1.54, 1.807) is 13.1 Å². The van der Waals surface area contributed by atoms with Gasteiger partial charge in [-0.3, -0.25) is 29.0 Å². The van der Waals surface area contributed by atoms with E-state index >= 15 is 0 Å². The number of anilines is 2. The molecule has 0 aromatic heterocycles. The summed E-state index contributed by atoms with van der Waals surface area (Å²) in [5, 5.41) is 45.0. The van der Waals surface area contributed by atoms with Gasteiger partial charge in [0, 0.05) is 25.5 Å². The predicted molar refractivity (Wildman–Crippen MR) is 186 cm³/mol. The molecule has 3 unspecified atom stereocenters. The van der Waals surface area contributed by atoms with E-state index in [1.807, 2.05) is 49.4 Å². The summed E-state index contributed by atoms with van der Waals surface area (Å²) in [6.45, 7) is 3.32. The smallest absolute Gasteiger partial charge is 0.266 e. The fraction of sp³-hybridized carbons (Fsp3) is 0.500. The largest absolute Gasteiger partial charge is 0.389 e. The van der Waals surface area contributed by atoms with Crippen molar-refractivity contribution in [3.63, 3.8) is 0 Å². The Kier molecular flexibility index (Phi) is 5.67. The summed E-state index contributed by atoms with van der Waals surface area (Å²) < 4.78 is 0. The summed E-state index contributed by atoms with van der Waals surface area (Å²) in [6, 6.07) is 14.6. The number of piperazine rings is 2. The molecule has 2 aromatic rings. The zero-order valence-corrected chi connectivity index (χ0v) is 29.9. The van der Waals surface area contributed by atoms with Gasteiger partial charge in [0.2, 0.25) is 14.6 Å². The van der Waals surface area contributed by atoms with Crippen molar-refractivity contribution in [2.24, 2.45) is 0 Å². The van der Waals surface area contributed by atoms with Crippen molar-refractivity contribution in [2.45, 2.75) is 81.2 Å². The number of carbonyl (C=O) groups is 4. The number of hydrogen-bond donors (Lipinski definition) is 5. The van der Waals surface area contributed by atoms with Crippen LogP contribution in [0.2, 0.25) is 0 Å².